The summed E-state index contributed by atoms with van der Waals surface area (Å²) in [6.07, 6.45) is 4.27. The molecule has 0 bridgehead atoms. The van der Waals surface area contributed by atoms with Crippen molar-refractivity contribution in [2.75, 3.05) is 0 Å². The fraction of sp³-hybridized carbons (Fsp3) is 0.467. The van der Waals surface area contributed by atoms with Crippen LogP contribution in [-0.2, 0) is 14.8 Å². The molecule has 0 saturated heterocycles. The Hall–Kier alpha value is -1.44. The minimum absolute atomic E-state index is 0.00421. The van der Waals surface area contributed by atoms with Crippen molar-refractivity contribution in [3.63, 3.8) is 0 Å². The van der Waals surface area contributed by atoms with Crippen molar-refractivity contribution in [3.8, 4) is 0 Å². The fourth-order valence-corrected chi connectivity index (χ4v) is 3.71. The number of primary sulfonamides is 1. The van der Waals surface area contributed by atoms with Crippen LogP contribution in [0.15, 0.2) is 23.1 Å². The Morgan fingerprint density at radius 3 is 2.48 bits per heavy atom. The van der Waals surface area contributed by atoms with Crippen molar-refractivity contribution >= 4 is 33.3 Å². The third kappa shape index (κ3) is 5.02. The van der Waals surface area contributed by atoms with Gasteiger partial charge in [-0.3, -0.25) is 9.59 Å². The molecule has 1 saturated carbocycles. The highest BCUT2D eigenvalue weighted by Crippen LogP contribution is 2.22. The zero-order chi connectivity index (χ0) is 17.0. The van der Waals surface area contributed by atoms with Gasteiger partial charge in [0.25, 0.3) is 0 Å². The number of amides is 1. The number of ketones is 1. The summed E-state index contributed by atoms with van der Waals surface area (Å²) in [6.45, 7) is 0. The lowest BCUT2D eigenvalue weighted by Crippen LogP contribution is -2.32. The van der Waals surface area contributed by atoms with E-state index in [9.17, 15) is 18.0 Å². The molecule has 0 aliphatic heterocycles. The largest absolute Gasteiger partial charge is 0.353 e. The monoisotopic (exact) mass is 358 g/mol. The van der Waals surface area contributed by atoms with Gasteiger partial charge in [0, 0.05) is 24.4 Å². The van der Waals surface area contributed by atoms with Crippen LogP contribution in [0.4, 0.5) is 0 Å². The van der Waals surface area contributed by atoms with E-state index in [4.69, 9.17) is 16.7 Å². The van der Waals surface area contributed by atoms with Gasteiger partial charge in [0.2, 0.25) is 15.9 Å². The van der Waals surface area contributed by atoms with Gasteiger partial charge in [-0.05, 0) is 31.0 Å². The van der Waals surface area contributed by atoms with Gasteiger partial charge in [0.15, 0.2) is 5.78 Å². The molecule has 23 heavy (non-hydrogen) atoms. The summed E-state index contributed by atoms with van der Waals surface area (Å²) in [5.41, 5.74) is 0.173. The second kappa shape index (κ2) is 7.42. The van der Waals surface area contributed by atoms with E-state index in [1.165, 1.54) is 12.1 Å². The van der Waals surface area contributed by atoms with Gasteiger partial charge >= 0.3 is 0 Å². The van der Waals surface area contributed by atoms with Gasteiger partial charge < -0.3 is 5.32 Å². The molecule has 126 valence electrons. The van der Waals surface area contributed by atoms with Crippen LogP contribution in [0, 0.1) is 0 Å². The summed E-state index contributed by atoms with van der Waals surface area (Å²) in [7, 11) is -4.00. The molecular formula is C15H19ClN2O4S. The first-order valence-electron chi connectivity index (χ1n) is 7.42. The Morgan fingerprint density at radius 2 is 1.87 bits per heavy atom. The average molecular weight is 359 g/mol. The lowest BCUT2D eigenvalue weighted by molar-refractivity contribution is -0.121. The lowest BCUT2D eigenvalue weighted by Gasteiger charge is -2.11. The van der Waals surface area contributed by atoms with E-state index < -0.39 is 10.0 Å². The van der Waals surface area contributed by atoms with E-state index in [-0.39, 0.29) is 46.1 Å². The molecule has 1 aliphatic rings. The Kier molecular flexibility index (Phi) is 5.78. The number of hydrogen-bond acceptors (Lipinski definition) is 4. The van der Waals surface area contributed by atoms with Gasteiger partial charge in [-0.15, -0.1) is 0 Å². The minimum Gasteiger partial charge on any atom is -0.353 e. The number of sulfonamides is 1. The maximum atomic E-state index is 12.1. The van der Waals surface area contributed by atoms with Crippen LogP contribution in [0.1, 0.15) is 48.9 Å². The van der Waals surface area contributed by atoms with Gasteiger partial charge in [-0.1, -0.05) is 24.4 Å². The van der Waals surface area contributed by atoms with Crippen molar-refractivity contribution in [2.45, 2.75) is 49.5 Å². The highest BCUT2D eigenvalue weighted by atomic mass is 35.5. The molecule has 1 aromatic carbocycles. The number of hydrogen-bond donors (Lipinski definition) is 2. The Bertz CT molecular complexity index is 712. The second-order valence-electron chi connectivity index (χ2n) is 5.66. The van der Waals surface area contributed by atoms with Crippen molar-refractivity contribution < 1.29 is 18.0 Å². The van der Waals surface area contributed by atoms with Crippen molar-refractivity contribution in [1.29, 1.82) is 0 Å². The molecule has 0 radical (unpaired) electrons. The summed E-state index contributed by atoms with van der Waals surface area (Å²) < 4.78 is 22.8. The lowest BCUT2D eigenvalue weighted by atomic mass is 10.1. The number of nitrogens with two attached hydrogens (primary N) is 1. The van der Waals surface area contributed by atoms with Crippen molar-refractivity contribution in [2.24, 2.45) is 5.14 Å². The highest BCUT2D eigenvalue weighted by molar-refractivity contribution is 7.89. The molecule has 1 fully saturated rings. The van der Waals surface area contributed by atoms with Crippen LogP contribution in [0.3, 0.4) is 0 Å². The summed E-state index contributed by atoms with van der Waals surface area (Å²) in [6, 6.07) is 4.10. The number of benzene rings is 1. The Labute approximate surface area is 140 Å². The number of Topliss-reactive ketones (excluding diaryl/α,β-unsaturated/α-hetero) is 1. The molecule has 2 rings (SSSR count). The number of rotatable bonds is 6. The molecule has 1 aromatic rings. The maximum absolute atomic E-state index is 12.1. The molecule has 6 nitrogen and oxygen atoms in total. The molecule has 1 aliphatic carbocycles. The predicted molar refractivity (Wildman–Crippen MR) is 86.8 cm³/mol. The van der Waals surface area contributed by atoms with E-state index in [0.29, 0.717) is 0 Å². The molecule has 0 spiro atoms. The first-order chi connectivity index (χ1) is 10.8. The zero-order valence-corrected chi connectivity index (χ0v) is 14.1. The number of nitrogens with one attached hydrogen (secondary N) is 1. The number of halogens is 1. The van der Waals surface area contributed by atoms with E-state index in [2.05, 4.69) is 5.32 Å². The predicted octanol–water partition coefficient (Wildman–Crippen LogP) is 2.01. The third-order valence-corrected chi connectivity index (χ3v) is 5.25. The fourth-order valence-electron chi connectivity index (χ4n) is 2.64. The van der Waals surface area contributed by atoms with Gasteiger partial charge in [-0.2, -0.15) is 0 Å². The molecule has 1 amide bonds. The smallest absolute Gasteiger partial charge is 0.239 e. The van der Waals surface area contributed by atoms with Crippen LogP contribution in [-0.4, -0.2) is 26.2 Å². The highest BCUT2D eigenvalue weighted by Gasteiger charge is 2.19. The van der Waals surface area contributed by atoms with Crippen LogP contribution < -0.4 is 10.5 Å². The molecule has 0 atom stereocenters. The van der Waals surface area contributed by atoms with Crippen molar-refractivity contribution in [3.05, 3.63) is 28.8 Å². The topological polar surface area (TPSA) is 106 Å². The summed E-state index contributed by atoms with van der Waals surface area (Å²) in [4.78, 5) is 23.6. The summed E-state index contributed by atoms with van der Waals surface area (Å²) >= 11 is 5.77. The van der Waals surface area contributed by atoms with E-state index in [1.807, 2.05) is 0 Å². The standard InChI is InChI=1S/C15H19ClN2O4S/c16-12-6-5-10(9-14(12)23(17,21)22)13(19)7-8-15(20)18-11-3-1-2-4-11/h5-6,9,11H,1-4,7-8H2,(H,18,20)(H2,17,21,22). The van der Waals surface area contributed by atoms with E-state index in [0.717, 1.165) is 31.7 Å². The first kappa shape index (κ1) is 17.9. The molecule has 0 heterocycles. The SMILES string of the molecule is NS(=O)(=O)c1cc(C(=O)CCC(=O)NC2CCCC2)ccc1Cl. The quantitative estimate of drug-likeness (QED) is 0.758. The molecule has 3 N–H and O–H groups in total. The molecule has 8 heteroatoms. The summed E-state index contributed by atoms with van der Waals surface area (Å²) in [5.74, 6) is -0.487. The van der Waals surface area contributed by atoms with Gasteiger partial charge in [0.05, 0.1) is 5.02 Å². The molecular weight excluding hydrogens is 340 g/mol. The maximum Gasteiger partial charge on any atom is 0.239 e. The van der Waals surface area contributed by atoms with E-state index >= 15 is 0 Å². The third-order valence-electron chi connectivity index (χ3n) is 3.86. The molecule has 0 aromatic heterocycles. The zero-order valence-electron chi connectivity index (χ0n) is 12.5. The number of carbonyl (C=O) groups excluding carboxylic acids is 2. The Balaban J connectivity index is 1.96. The van der Waals surface area contributed by atoms with Gasteiger partial charge in [0.1, 0.15) is 4.90 Å². The van der Waals surface area contributed by atoms with Gasteiger partial charge in [-0.25, -0.2) is 13.6 Å². The Morgan fingerprint density at radius 1 is 1.22 bits per heavy atom. The molecule has 0 unspecified atom stereocenters. The average Bonchev–Trinajstić information content (AvgIpc) is 2.97. The minimum atomic E-state index is -4.00. The van der Waals surface area contributed by atoms with Crippen molar-refractivity contribution in [1.82, 2.24) is 5.32 Å². The van der Waals surface area contributed by atoms with Crippen LogP contribution in [0.25, 0.3) is 0 Å². The van der Waals surface area contributed by atoms with Crippen LogP contribution >= 0.6 is 11.6 Å². The van der Waals surface area contributed by atoms with Crippen LogP contribution in [0.2, 0.25) is 5.02 Å². The second-order valence-corrected chi connectivity index (χ2v) is 7.60. The number of carbonyl (C=O) groups is 2. The summed E-state index contributed by atoms with van der Waals surface area (Å²) in [5, 5.41) is 7.92. The van der Waals surface area contributed by atoms with Crippen LogP contribution in [0.5, 0.6) is 0 Å². The first-order valence-corrected chi connectivity index (χ1v) is 9.34. The van der Waals surface area contributed by atoms with E-state index in [1.54, 1.807) is 0 Å². The normalized spacial score (nSPS) is 15.6.